The fourth-order valence-corrected chi connectivity index (χ4v) is 4.48. The molecule has 1 aliphatic heterocycles. The van der Waals surface area contributed by atoms with E-state index in [-0.39, 0.29) is 5.69 Å². The molecule has 1 aliphatic rings. The lowest BCUT2D eigenvalue weighted by atomic mass is 9.98. The molecule has 7 heteroatoms. The predicted octanol–water partition coefficient (Wildman–Crippen LogP) is 3.94. The number of halogens is 1. The number of piperidine rings is 1. The van der Waals surface area contributed by atoms with Gasteiger partial charge < -0.3 is 5.11 Å². The average Bonchev–Trinajstić information content (AvgIpc) is 3.09. The predicted molar refractivity (Wildman–Crippen MR) is 85.7 cm³/mol. The first-order chi connectivity index (χ1) is 10.1. The number of carbonyl (C=O) groups is 1. The fourth-order valence-electron chi connectivity index (χ4n) is 2.65. The molecule has 1 fully saturated rings. The molecule has 1 N–H and O–H groups in total. The number of thiophene rings is 1. The van der Waals surface area contributed by atoms with E-state index in [1.165, 1.54) is 16.9 Å². The molecule has 1 atom stereocenters. The summed E-state index contributed by atoms with van der Waals surface area (Å²) < 4.78 is 0.861. The van der Waals surface area contributed by atoms with E-state index in [9.17, 15) is 4.79 Å². The smallest absolute Gasteiger partial charge is 0.355 e. The van der Waals surface area contributed by atoms with Gasteiger partial charge >= 0.3 is 5.97 Å². The van der Waals surface area contributed by atoms with Crippen molar-refractivity contribution in [2.45, 2.75) is 25.3 Å². The Balaban J connectivity index is 1.67. The molecule has 112 valence electrons. The minimum absolute atomic E-state index is 0.160. The van der Waals surface area contributed by atoms with E-state index in [0.717, 1.165) is 41.8 Å². The van der Waals surface area contributed by atoms with Gasteiger partial charge in [-0.05, 0) is 36.4 Å². The van der Waals surface area contributed by atoms with Crippen LogP contribution in [-0.2, 0) is 6.54 Å². The summed E-state index contributed by atoms with van der Waals surface area (Å²) in [6.45, 7) is 2.83. The minimum atomic E-state index is -0.949. The van der Waals surface area contributed by atoms with Crippen molar-refractivity contribution >= 4 is 40.2 Å². The first kappa shape index (κ1) is 15.0. The number of hydrogen-bond donors (Lipinski definition) is 1. The van der Waals surface area contributed by atoms with Crippen molar-refractivity contribution in [3.63, 3.8) is 0 Å². The van der Waals surface area contributed by atoms with Crippen LogP contribution in [0.15, 0.2) is 16.8 Å². The zero-order valence-electron chi connectivity index (χ0n) is 11.3. The molecule has 2 aromatic heterocycles. The number of carboxylic acid groups (broad SMARTS) is 1. The number of hydrogen-bond acceptors (Lipinski definition) is 5. The number of carboxylic acids is 1. The highest BCUT2D eigenvalue weighted by atomic mass is 35.5. The zero-order valence-corrected chi connectivity index (χ0v) is 13.7. The molecule has 0 aromatic carbocycles. The summed E-state index contributed by atoms with van der Waals surface area (Å²) in [5.41, 5.74) is 1.33. The molecule has 0 amide bonds. The largest absolute Gasteiger partial charge is 0.476 e. The van der Waals surface area contributed by atoms with Crippen molar-refractivity contribution in [1.82, 2.24) is 9.88 Å². The monoisotopic (exact) mass is 342 g/mol. The molecule has 0 bridgehead atoms. The molecule has 1 saturated heterocycles. The van der Waals surface area contributed by atoms with Crippen LogP contribution in [-0.4, -0.2) is 34.0 Å². The Hall–Kier alpha value is -0.950. The third kappa shape index (κ3) is 3.45. The molecule has 3 heterocycles. The summed E-state index contributed by atoms with van der Waals surface area (Å²) in [4.78, 5) is 17.6. The van der Waals surface area contributed by atoms with Gasteiger partial charge in [-0.3, -0.25) is 4.90 Å². The quantitative estimate of drug-likeness (QED) is 0.914. The molecule has 21 heavy (non-hydrogen) atoms. The van der Waals surface area contributed by atoms with E-state index in [1.807, 2.05) is 5.38 Å². The number of thiazole rings is 1. The van der Waals surface area contributed by atoms with Crippen LogP contribution < -0.4 is 0 Å². The lowest BCUT2D eigenvalue weighted by Gasteiger charge is -2.31. The molecule has 2 aromatic rings. The Bertz CT molecular complexity index is 640. The standard InChI is InChI=1S/C14H15ClN2O2S2/c15-12-9(3-5-20-12)6-17-4-1-2-10(7-17)13-16-11(8-21-13)14(18)19/h3,5,8,10H,1-2,4,6-7H2,(H,18,19). The zero-order chi connectivity index (χ0) is 14.8. The summed E-state index contributed by atoms with van der Waals surface area (Å²) >= 11 is 9.18. The summed E-state index contributed by atoms with van der Waals surface area (Å²) in [6.07, 6.45) is 2.18. The molecule has 0 radical (unpaired) electrons. The van der Waals surface area contributed by atoms with E-state index in [1.54, 1.807) is 16.7 Å². The van der Waals surface area contributed by atoms with Crippen LogP contribution in [0.4, 0.5) is 0 Å². The van der Waals surface area contributed by atoms with Gasteiger partial charge in [-0.1, -0.05) is 11.6 Å². The minimum Gasteiger partial charge on any atom is -0.476 e. The second-order valence-electron chi connectivity index (χ2n) is 5.17. The summed E-state index contributed by atoms with van der Waals surface area (Å²) in [7, 11) is 0. The van der Waals surface area contributed by atoms with Crippen molar-refractivity contribution in [3.8, 4) is 0 Å². The average molecular weight is 343 g/mol. The van der Waals surface area contributed by atoms with Crippen LogP contribution in [0.2, 0.25) is 4.34 Å². The molecule has 0 spiro atoms. The summed E-state index contributed by atoms with van der Waals surface area (Å²) in [6, 6.07) is 2.07. The number of aromatic carboxylic acids is 1. The van der Waals surface area contributed by atoms with E-state index in [4.69, 9.17) is 16.7 Å². The maximum absolute atomic E-state index is 10.9. The van der Waals surface area contributed by atoms with Gasteiger partial charge in [0.2, 0.25) is 0 Å². The van der Waals surface area contributed by atoms with Gasteiger partial charge in [-0.15, -0.1) is 22.7 Å². The van der Waals surface area contributed by atoms with Crippen molar-refractivity contribution in [2.24, 2.45) is 0 Å². The molecule has 1 unspecified atom stereocenters. The van der Waals surface area contributed by atoms with E-state index >= 15 is 0 Å². The molecular weight excluding hydrogens is 328 g/mol. The Morgan fingerprint density at radius 3 is 3.05 bits per heavy atom. The molecular formula is C14H15ClN2O2S2. The first-order valence-corrected chi connectivity index (χ1v) is 8.90. The van der Waals surface area contributed by atoms with Crippen molar-refractivity contribution in [2.75, 3.05) is 13.1 Å². The van der Waals surface area contributed by atoms with E-state index < -0.39 is 5.97 Å². The van der Waals surface area contributed by atoms with Crippen LogP contribution in [0.25, 0.3) is 0 Å². The normalized spacial score (nSPS) is 19.8. The van der Waals surface area contributed by atoms with Crippen LogP contribution in [0.5, 0.6) is 0 Å². The Morgan fingerprint density at radius 2 is 2.38 bits per heavy atom. The van der Waals surface area contributed by atoms with Crippen LogP contribution in [0.1, 0.15) is 39.8 Å². The van der Waals surface area contributed by atoms with Gasteiger partial charge in [0, 0.05) is 24.4 Å². The number of nitrogens with zero attached hydrogens (tertiary/aromatic N) is 2. The molecule has 0 saturated carbocycles. The van der Waals surface area contributed by atoms with Gasteiger partial charge in [0.05, 0.1) is 9.34 Å². The van der Waals surface area contributed by atoms with Crippen LogP contribution >= 0.6 is 34.3 Å². The van der Waals surface area contributed by atoms with E-state index in [0.29, 0.717) is 5.92 Å². The second kappa shape index (κ2) is 6.44. The molecule has 3 rings (SSSR count). The summed E-state index contributed by atoms with van der Waals surface area (Å²) in [5, 5.41) is 13.6. The Morgan fingerprint density at radius 1 is 1.52 bits per heavy atom. The van der Waals surface area contributed by atoms with Gasteiger partial charge in [0.1, 0.15) is 0 Å². The van der Waals surface area contributed by atoms with Crippen LogP contribution in [0.3, 0.4) is 0 Å². The van der Waals surface area contributed by atoms with Gasteiger partial charge in [-0.25, -0.2) is 9.78 Å². The Labute approximate surface area is 136 Å². The number of likely N-dealkylation sites (tertiary alicyclic amines) is 1. The highest BCUT2D eigenvalue weighted by molar-refractivity contribution is 7.14. The molecule has 4 nitrogen and oxygen atoms in total. The van der Waals surface area contributed by atoms with Gasteiger partial charge in [0.15, 0.2) is 5.69 Å². The lowest BCUT2D eigenvalue weighted by molar-refractivity contribution is 0.0691. The highest BCUT2D eigenvalue weighted by Crippen LogP contribution is 2.31. The van der Waals surface area contributed by atoms with Crippen molar-refractivity contribution < 1.29 is 9.90 Å². The fraction of sp³-hybridized carbons (Fsp3) is 0.429. The topological polar surface area (TPSA) is 53.4 Å². The van der Waals surface area contributed by atoms with Gasteiger partial charge in [0.25, 0.3) is 0 Å². The maximum atomic E-state index is 10.9. The Kier molecular flexibility index (Phi) is 4.59. The van der Waals surface area contributed by atoms with E-state index in [2.05, 4.69) is 16.0 Å². The second-order valence-corrected chi connectivity index (χ2v) is 7.58. The van der Waals surface area contributed by atoms with Gasteiger partial charge in [-0.2, -0.15) is 0 Å². The van der Waals surface area contributed by atoms with Crippen molar-refractivity contribution in [1.29, 1.82) is 0 Å². The third-order valence-electron chi connectivity index (χ3n) is 3.68. The number of aromatic nitrogens is 1. The first-order valence-electron chi connectivity index (χ1n) is 6.76. The number of rotatable bonds is 4. The molecule has 0 aliphatic carbocycles. The maximum Gasteiger partial charge on any atom is 0.355 e. The van der Waals surface area contributed by atoms with Crippen molar-refractivity contribution in [3.05, 3.63) is 37.4 Å². The summed E-state index contributed by atoms with van der Waals surface area (Å²) in [5.74, 6) is -0.621. The lowest BCUT2D eigenvalue weighted by Crippen LogP contribution is -2.33. The third-order valence-corrected chi connectivity index (χ3v) is 5.94. The highest BCUT2D eigenvalue weighted by Gasteiger charge is 2.25. The van der Waals surface area contributed by atoms with Crippen LogP contribution in [0, 0.1) is 0 Å². The SMILES string of the molecule is O=C(O)c1csc(C2CCCN(Cc3ccsc3Cl)C2)n1.